The second kappa shape index (κ2) is 11.9. The molecule has 4 rings (SSSR count). The molecule has 0 spiro atoms. The lowest BCUT2D eigenvalue weighted by Gasteiger charge is -2.29. The molecule has 0 aromatic heterocycles. The maximum absolute atomic E-state index is 13.2. The van der Waals surface area contributed by atoms with Crippen molar-refractivity contribution in [1.29, 1.82) is 0 Å². The number of aliphatic hydroxyl groups is 1. The first-order valence-electron chi connectivity index (χ1n) is 12.1. The summed E-state index contributed by atoms with van der Waals surface area (Å²) in [4.78, 5) is 30.2. The van der Waals surface area contributed by atoms with Gasteiger partial charge in [0.05, 0.1) is 31.9 Å². The summed E-state index contributed by atoms with van der Waals surface area (Å²) >= 11 is 0. The van der Waals surface area contributed by atoms with Crippen LogP contribution in [0.3, 0.4) is 0 Å². The highest BCUT2D eigenvalue weighted by molar-refractivity contribution is 6.46. The standard InChI is InChI=1S/C28H32N2O6/c1-3-17-36-23-11-5-20(6-12-23)25-24(26(31)21-7-9-22(34-2)10-8-21)27(32)28(33)30(25)14-4-13-29-15-18-35-19-16-29/h3,5-12,25,31H,1,4,13-19H2,2H3/t25-/m0/s1. The first-order chi connectivity index (χ1) is 17.5. The topological polar surface area (TPSA) is 88.5 Å². The monoisotopic (exact) mass is 492 g/mol. The number of ketones is 1. The number of carbonyl (C=O) groups is 2. The molecule has 2 heterocycles. The minimum absolute atomic E-state index is 0.0799. The molecule has 2 fully saturated rings. The molecule has 1 atom stereocenters. The molecular weight excluding hydrogens is 460 g/mol. The summed E-state index contributed by atoms with van der Waals surface area (Å²) < 4.78 is 16.2. The highest BCUT2D eigenvalue weighted by Crippen LogP contribution is 2.40. The molecule has 0 radical (unpaired) electrons. The molecule has 0 aliphatic carbocycles. The van der Waals surface area contributed by atoms with E-state index in [0.29, 0.717) is 49.8 Å². The molecule has 190 valence electrons. The van der Waals surface area contributed by atoms with Crippen LogP contribution >= 0.6 is 0 Å². The van der Waals surface area contributed by atoms with Gasteiger partial charge in [-0.1, -0.05) is 24.8 Å². The van der Waals surface area contributed by atoms with Gasteiger partial charge in [0.25, 0.3) is 11.7 Å². The first kappa shape index (κ1) is 25.5. The largest absolute Gasteiger partial charge is 0.507 e. The van der Waals surface area contributed by atoms with Crippen molar-refractivity contribution in [2.75, 3.05) is 53.1 Å². The van der Waals surface area contributed by atoms with Gasteiger partial charge in [0, 0.05) is 31.7 Å². The van der Waals surface area contributed by atoms with Gasteiger partial charge in [-0.05, 0) is 48.4 Å². The molecule has 2 aliphatic heterocycles. The van der Waals surface area contributed by atoms with Crippen LogP contribution < -0.4 is 9.47 Å². The Kier molecular flexibility index (Phi) is 8.40. The van der Waals surface area contributed by atoms with Crippen LogP contribution in [0.25, 0.3) is 5.76 Å². The normalized spacial score (nSPS) is 19.9. The van der Waals surface area contributed by atoms with Crippen molar-refractivity contribution in [3.05, 3.63) is 77.9 Å². The molecule has 8 heteroatoms. The average molecular weight is 493 g/mol. The fourth-order valence-electron chi connectivity index (χ4n) is 4.55. The Hall–Kier alpha value is -3.62. The van der Waals surface area contributed by atoms with E-state index >= 15 is 0 Å². The van der Waals surface area contributed by atoms with Crippen LogP contribution in [0.4, 0.5) is 0 Å². The minimum atomic E-state index is -0.703. The molecule has 8 nitrogen and oxygen atoms in total. The molecule has 36 heavy (non-hydrogen) atoms. The van der Waals surface area contributed by atoms with E-state index in [1.807, 2.05) is 12.1 Å². The Bertz CT molecular complexity index is 1100. The van der Waals surface area contributed by atoms with E-state index in [2.05, 4.69) is 11.5 Å². The van der Waals surface area contributed by atoms with E-state index in [1.165, 1.54) is 0 Å². The summed E-state index contributed by atoms with van der Waals surface area (Å²) in [6, 6.07) is 13.3. The summed E-state index contributed by atoms with van der Waals surface area (Å²) in [6.07, 6.45) is 2.36. The molecule has 2 saturated heterocycles. The third-order valence-electron chi connectivity index (χ3n) is 6.44. The van der Waals surface area contributed by atoms with Crippen LogP contribution in [-0.4, -0.2) is 79.7 Å². The highest BCUT2D eigenvalue weighted by atomic mass is 16.5. The molecule has 0 bridgehead atoms. The van der Waals surface area contributed by atoms with E-state index in [9.17, 15) is 14.7 Å². The van der Waals surface area contributed by atoms with Crippen molar-refractivity contribution >= 4 is 17.4 Å². The highest BCUT2D eigenvalue weighted by Gasteiger charge is 2.45. The number of methoxy groups -OCH3 is 1. The van der Waals surface area contributed by atoms with Crippen molar-refractivity contribution in [3.8, 4) is 11.5 Å². The first-order valence-corrected chi connectivity index (χ1v) is 12.1. The Morgan fingerprint density at radius 2 is 1.72 bits per heavy atom. The number of rotatable bonds is 10. The average Bonchev–Trinajstić information content (AvgIpc) is 3.17. The van der Waals surface area contributed by atoms with E-state index < -0.39 is 17.7 Å². The summed E-state index contributed by atoms with van der Waals surface area (Å²) in [5.41, 5.74) is 1.25. The van der Waals surface area contributed by atoms with E-state index in [1.54, 1.807) is 54.5 Å². The molecule has 2 aromatic rings. The zero-order chi connectivity index (χ0) is 25.5. The van der Waals surface area contributed by atoms with Gasteiger partial charge in [0.2, 0.25) is 0 Å². The summed E-state index contributed by atoms with van der Waals surface area (Å²) in [7, 11) is 1.56. The van der Waals surface area contributed by atoms with Crippen molar-refractivity contribution in [2.45, 2.75) is 12.5 Å². The minimum Gasteiger partial charge on any atom is -0.507 e. The fourth-order valence-corrected chi connectivity index (χ4v) is 4.55. The SMILES string of the molecule is C=CCOc1ccc([C@H]2C(=C(O)c3ccc(OC)cc3)C(=O)C(=O)N2CCCN2CCOCC2)cc1. The zero-order valence-electron chi connectivity index (χ0n) is 20.5. The molecule has 1 amide bonds. The maximum Gasteiger partial charge on any atom is 0.295 e. The smallest absolute Gasteiger partial charge is 0.295 e. The van der Waals surface area contributed by atoms with Gasteiger partial charge in [-0.15, -0.1) is 0 Å². The van der Waals surface area contributed by atoms with Crippen LogP contribution in [0.5, 0.6) is 11.5 Å². The van der Waals surface area contributed by atoms with Crippen molar-refractivity contribution in [2.24, 2.45) is 0 Å². The van der Waals surface area contributed by atoms with Gasteiger partial charge < -0.3 is 24.2 Å². The van der Waals surface area contributed by atoms with Crippen molar-refractivity contribution in [1.82, 2.24) is 9.80 Å². The number of benzene rings is 2. The van der Waals surface area contributed by atoms with Crippen LogP contribution in [0.2, 0.25) is 0 Å². The van der Waals surface area contributed by atoms with Gasteiger partial charge in [-0.25, -0.2) is 0 Å². The quantitative estimate of drug-likeness (QED) is 0.235. The van der Waals surface area contributed by atoms with E-state index in [0.717, 1.165) is 25.2 Å². The number of likely N-dealkylation sites (tertiary alicyclic amines) is 1. The Labute approximate surface area is 211 Å². The molecule has 2 aromatic carbocycles. The maximum atomic E-state index is 13.2. The Balaban J connectivity index is 1.65. The molecule has 0 unspecified atom stereocenters. The molecular formula is C28H32N2O6. The van der Waals surface area contributed by atoms with Gasteiger partial charge in [0.1, 0.15) is 23.9 Å². The Morgan fingerprint density at radius 3 is 2.36 bits per heavy atom. The lowest BCUT2D eigenvalue weighted by Crippen LogP contribution is -2.38. The second-order valence-electron chi connectivity index (χ2n) is 8.70. The van der Waals surface area contributed by atoms with E-state index in [4.69, 9.17) is 14.2 Å². The van der Waals surface area contributed by atoms with Crippen LogP contribution in [-0.2, 0) is 14.3 Å². The zero-order valence-corrected chi connectivity index (χ0v) is 20.5. The number of nitrogens with zero attached hydrogens (tertiary/aromatic N) is 2. The lowest BCUT2D eigenvalue weighted by atomic mass is 9.95. The number of morpholine rings is 1. The van der Waals surface area contributed by atoms with Crippen LogP contribution in [0.1, 0.15) is 23.6 Å². The third-order valence-corrected chi connectivity index (χ3v) is 6.44. The number of ether oxygens (including phenoxy) is 3. The van der Waals surface area contributed by atoms with Crippen LogP contribution in [0, 0.1) is 0 Å². The number of amides is 1. The summed E-state index contributed by atoms with van der Waals surface area (Å²) in [6.45, 7) is 8.32. The number of carbonyl (C=O) groups excluding carboxylic acids is 2. The number of hydrogen-bond acceptors (Lipinski definition) is 7. The summed E-state index contributed by atoms with van der Waals surface area (Å²) in [5.74, 6) is -0.223. The Morgan fingerprint density at radius 1 is 1.06 bits per heavy atom. The third kappa shape index (κ3) is 5.61. The van der Waals surface area contributed by atoms with Crippen molar-refractivity contribution < 1.29 is 28.9 Å². The number of aliphatic hydroxyl groups excluding tert-OH is 1. The molecule has 2 aliphatic rings. The predicted molar refractivity (Wildman–Crippen MR) is 136 cm³/mol. The lowest BCUT2D eigenvalue weighted by molar-refractivity contribution is -0.140. The number of Topliss-reactive ketones (excluding diaryl/α,β-unsaturated/α-hetero) is 1. The van der Waals surface area contributed by atoms with Gasteiger partial charge in [0.15, 0.2) is 0 Å². The number of hydrogen-bond donors (Lipinski definition) is 1. The predicted octanol–water partition coefficient (Wildman–Crippen LogP) is 3.40. The van der Waals surface area contributed by atoms with Gasteiger partial charge >= 0.3 is 0 Å². The van der Waals surface area contributed by atoms with Crippen molar-refractivity contribution in [3.63, 3.8) is 0 Å². The second-order valence-corrected chi connectivity index (χ2v) is 8.70. The molecule has 1 N–H and O–H groups in total. The summed E-state index contributed by atoms with van der Waals surface area (Å²) in [5, 5.41) is 11.2. The van der Waals surface area contributed by atoms with Gasteiger partial charge in [-0.2, -0.15) is 0 Å². The van der Waals surface area contributed by atoms with Crippen LogP contribution in [0.15, 0.2) is 66.8 Å². The fraction of sp³-hybridized carbons (Fsp3) is 0.357. The molecule has 0 saturated carbocycles. The van der Waals surface area contributed by atoms with Gasteiger partial charge in [-0.3, -0.25) is 14.5 Å². The van der Waals surface area contributed by atoms with E-state index in [-0.39, 0.29) is 11.3 Å².